The largest absolute Gasteiger partial charge is 0.369 e. The topological polar surface area (TPSA) is 113 Å². The molecular formula is C16H16N7O. The van der Waals surface area contributed by atoms with Crippen LogP contribution in [0.15, 0.2) is 30.7 Å². The first-order chi connectivity index (χ1) is 11.8. The van der Waals surface area contributed by atoms with Crippen LogP contribution in [0.1, 0.15) is 6.42 Å². The number of H-pyrrole nitrogens is 1. The number of carbonyl (C=O) groups excluding carboxylic acids is 1. The maximum absolute atomic E-state index is 10.6. The van der Waals surface area contributed by atoms with Crippen molar-refractivity contribution in [3.05, 3.63) is 30.7 Å². The highest BCUT2D eigenvalue weighted by molar-refractivity contribution is 6.02. The molecule has 1 saturated heterocycles. The second-order valence-corrected chi connectivity index (χ2v) is 5.73. The molecule has 1 aliphatic rings. The number of nitrogens with zero attached hydrogens (tertiary/aromatic N) is 4. The zero-order chi connectivity index (χ0) is 16.5. The number of amides is 1. The molecule has 0 aromatic carbocycles. The van der Waals surface area contributed by atoms with Crippen molar-refractivity contribution in [1.82, 2.24) is 25.3 Å². The molecule has 4 heterocycles. The number of anilines is 2. The van der Waals surface area contributed by atoms with E-state index in [0.717, 1.165) is 47.5 Å². The number of aromatic amines is 1. The molecule has 8 heteroatoms. The fraction of sp³-hybridized carbons (Fsp3) is 0.250. The molecule has 3 aromatic rings. The summed E-state index contributed by atoms with van der Waals surface area (Å²) in [6.45, 7) is 1.60. The first-order valence-corrected chi connectivity index (χ1v) is 7.69. The van der Waals surface area contributed by atoms with Crippen LogP contribution in [0.25, 0.3) is 22.3 Å². The minimum Gasteiger partial charge on any atom is -0.369 e. The van der Waals surface area contributed by atoms with Gasteiger partial charge >= 0.3 is 6.41 Å². The van der Waals surface area contributed by atoms with E-state index in [9.17, 15) is 4.79 Å². The van der Waals surface area contributed by atoms with Gasteiger partial charge in [0.1, 0.15) is 5.65 Å². The smallest absolute Gasteiger partial charge is 0.309 e. The number of rotatable bonds is 4. The maximum atomic E-state index is 10.6. The minimum absolute atomic E-state index is 0.114. The third kappa shape index (κ3) is 2.41. The van der Waals surface area contributed by atoms with Crippen LogP contribution in [0.5, 0.6) is 0 Å². The summed E-state index contributed by atoms with van der Waals surface area (Å²) < 4.78 is 0. The SMILES string of the molecule is Nc1nccc(-c2c[nH]c3nccc(N4CCC(N[C]=O)C4)c23)n1. The summed E-state index contributed by atoms with van der Waals surface area (Å²) >= 11 is 0. The van der Waals surface area contributed by atoms with Crippen LogP contribution in [-0.4, -0.2) is 45.5 Å². The van der Waals surface area contributed by atoms with Crippen LogP contribution < -0.4 is 16.0 Å². The average molecular weight is 322 g/mol. The van der Waals surface area contributed by atoms with Gasteiger partial charge in [0, 0.05) is 43.3 Å². The normalized spacial score (nSPS) is 17.3. The third-order valence-electron chi connectivity index (χ3n) is 4.29. The van der Waals surface area contributed by atoms with Gasteiger partial charge in [-0.1, -0.05) is 0 Å². The molecular weight excluding hydrogens is 306 g/mol. The molecule has 3 aromatic heterocycles. The van der Waals surface area contributed by atoms with E-state index in [0.29, 0.717) is 0 Å². The first kappa shape index (κ1) is 14.4. The van der Waals surface area contributed by atoms with Crippen LogP contribution in [0, 0.1) is 0 Å². The highest BCUT2D eigenvalue weighted by Crippen LogP contribution is 2.35. The third-order valence-corrected chi connectivity index (χ3v) is 4.29. The van der Waals surface area contributed by atoms with Gasteiger partial charge in [0.05, 0.1) is 16.8 Å². The quantitative estimate of drug-likeness (QED) is 0.613. The zero-order valence-electron chi connectivity index (χ0n) is 12.9. The Morgan fingerprint density at radius 3 is 3.04 bits per heavy atom. The summed E-state index contributed by atoms with van der Waals surface area (Å²) in [5.41, 5.74) is 9.25. The van der Waals surface area contributed by atoms with E-state index < -0.39 is 0 Å². The Labute approximate surface area is 138 Å². The molecule has 1 radical (unpaired) electrons. The van der Waals surface area contributed by atoms with Crippen LogP contribution >= 0.6 is 0 Å². The summed E-state index contributed by atoms with van der Waals surface area (Å²) in [7, 11) is 0. The first-order valence-electron chi connectivity index (χ1n) is 7.69. The number of nitrogens with two attached hydrogens (primary N) is 1. The minimum atomic E-state index is 0.114. The Morgan fingerprint density at radius 2 is 2.21 bits per heavy atom. The van der Waals surface area contributed by atoms with Gasteiger partial charge in [0.15, 0.2) is 0 Å². The molecule has 24 heavy (non-hydrogen) atoms. The van der Waals surface area contributed by atoms with Crippen LogP contribution in [0.3, 0.4) is 0 Å². The lowest BCUT2D eigenvalue weighted by Gasteiger charge is -2.20. The van der Waals surface area contributed by atoms with Gasteiger partial charge in [-0.25, -0.2) is 15.0 Å². The number of hydrogen-bond donors (Lipinski definition) is 3. The van der Waals surface area contributed by atoms with Crippen molar-refractivity contribution >= 4 is 29.1 Å². The van der Waals surface area contributed by atoms with E-state index in [1.54, 1.807) is 18.8 Å². The van der Waals surface area contributed by atoms with Gasteiger partial charge in [0.2, 0.25) is 5.95 Å². The van der Waals surface area contributed by atoms with Crippen LogP contribution in [0.2, 0.25) is 0 Å². The standard InChI is InChI=1S/C16H16N7O/c17-16-19-4-1-12(22-16)11-7-20-15-14(11)13(2-5-18-15)23-6-3-10(8-23)21-9-24/h1-2,4-5,7,10H,3,6,8H2,(H,18,20)(H,21,24)(H2,17,19,22). The summed E-state index contributed by atoms with van der Waals surface area (Å²) in [6.07, 6.45) is 7.97. The summed E-state index contributed by atoms with van der Waals surface area (Å²) in [6, 6.07) is 3.92. The second-order valence-electron chi connectivity index (χ2n) is 5.73. The van der Waals surface area contributed by atoms with Crippen molar-refractivity contribution in [3.63, 3.8) is 0 Å². The van der Waals surface area contributed by atoms with Crippen molar-refractivity contribution in [2.24, 2.45) is 0 Å². The van der Waals surface area contributed by atoms with E-state index in [1.807, 2.05) is 18.3 Å². The van der Waals surface area contributed by atoms with Crippen molar-refractivity contribution in [1.29, 1.82) is 0 Å². The predicted octanol–water partition coefficient (Wildman–Crippen LogP) is 0.838. The Bertz CT molecular complexity index is 891. The zero-order valence-corrected chi connectivity index (χ0v) is 12.9. The molecule has 0 saturated carbocycles. The molecule has 0 aliphatic carbocycles. The van der Waals surface area contributed by atoms with Crippen molar-refractivity contribution in [3.8, 4) is 11.3 Å². The number of aromatic nitrogens is 4. The number of nitrogens with one attached hydrogen (secondary N) is 2. The van der Waals surface area contributed by atoms with E-state index in [1.165, 1.54) is 0 Å². The Kier molecular flexibility index (Phi) is 3.49. The highest BCUT2D eigenvalue weighted by Gasteiger charge is 2.25. The van der Waals surface area contributed by atoms with E-state index in [4.69, 9.17) is 5.73 Å². The lowest BCUT2D eigenvalue weighted by atomic mass is 10.1. The second kappa shape index (κ2) is 5.80. The van der Waals surface area contributed by atoms with Gasteiger partial charge in [-0.05, 0) is 18.6 Å². The molecule has 4 N–H and O–H groups in total. The van der Waals surface area contributed by atoms with Crippen LogP contribution in [-0.2, 0) is 4.79 Å². The molecule has 0 spiro atoms. The predicted molar refractivity (Wildman–Crippen MR) is 91.0 cm³/mol. The lowest BCUT2D eigenvalue weighted by Crippen LogP contribution is -2.31. The molecule has 1 aliphatic heterocycles. The fourth-order valence-corrected chi connectivity index (χ4v) is 3.21. The van der Waals surface area contributed by atoms with E-state index in [-0.39, 0.29) is 12.0 Å². The van der Waals surface area contributed by atoms with E-state index in [2.05, 4.69) is 30.2 Å². The summed E-state index contributed by atoms with van der Waals surface area (Å²) in [4.78, 5) is 28.6. The van der Waals surface area contributed by atoms with Gasteiger partial charge in [-0.3, -0.25) is 4.79 Å². The van der Waals surface area contributed by atoms with Crippen molar-refractivity contribution in [2.75, 3.05) is 23.7 Å². The molecule has 1 fully saturated rings. The number of nitrogen functional groups attached to an aromatic ring is 1. The van der Waals surface area contributed by atoms with Gasteiger partial charge in [-0.2, -0.15) is 0 Å². The number of pyridine rings is 1. The Balaban J connectivity index is 1.79. The maximum Gasteiger partial charge on any atom is 0.309 e. The molecule has 8 nitrogen and oxygen atoms in total. The average Bonchev–Trinajstić information content (AvgIpc) is 3.22. The van der Waals surface area contributed by atoms with Gasteiger partial charge in [-0.15, -0.1) is 0 Å². The fourth-order valence-electron chi connectivity index (χ4n) is 3.21. The number of hydrogen-bond acceptors (Lipinski definition) is 6. The molecule has 0 bridgehead atoms. The molecule has 1 unspecified atom stereocenters. The number of fused-ring (bicyclic) bond motifs is 1. The Morgan fingerprint density at radius 1 is 1.33 bits per heavy atom. The lowest BCUT2D eigenvalue weighted by molar-refractivity contribution is 0.525. The molecule has 1 amide bonds. The molecule has 4 rings (SSSR count). The summed E-state index contributed by atoms with van der Waals surface area (Å²) in [5, 5.41) is 3.72. The molecule has 121 valence electrons. The van der Waals surface area contributed by atoms with E-state index >= 15 is 0 Å². The highest BCUT2D eigenvalue weighted by atomic mass is 16.1. The van der Waals surface area contributed by atoms with Gasteiger partial charge in [0.25, 0.3) is 0 Å². The monoisotopic (exact) mass is 322 g/mol. The summed E-state index contributed by atoms with van der Waals surface area (Å²) in [5.74, 6) is 0.235. The van der Waals surface area contributed by atoms with Gasteiger partial charge < -0.3 is 20.9 Å². The van der Waals surface area contributed by atoms with Crippen molar-refractivity contribution in [2.45, 2.75) is 12.5 Å². The Hall–Kier alpha value is -3.16. The molecule has 1 atom stereocenters. The van der Waals surface area contributed by atoms with Crippen LogP contribution in [0.4, 0.5) is 11.6 Å². The van der Waals surface area contributed by atoms with Crippen molar-refractivity contribution < 1.29 is 4.79 Å².